The third-order valence-corrected chi connectivity index (χ3v) is 4.72. The quantitative estimate of drug-likeness (QED) is 0.242. The SMILES string of the molecule is C/C=C1/C(=O)N2C(C(=O)[O-])=C3[C@@H](OCCC#N)CCC[C@@H]3[C@H]12.[Na+]. The van der Waals surface area contributed by atoms with Gasteiger partial charge in [0.25, 0.3) is 5.91 Å². The maximum absolute atomic E-state index is 12.1. The van der Waals surface area contributed by atoms with E-state index in [1.54, 1.807) is 13.0 Å². The number of rotatable bonds is 4. The topological polar surface area (TPSA) is 93.5 Å². The summed E-state index contributed by atoms with van der Waals surface area (Å²) in [7, 11) is 0. The van der Waals surface area contributed by atoms with Crippen LogP contribution in [0, 0.1) is 17.2 Å². The van der Waals surface area contributed by atoms with E-state index in [0.29, 0.717) is 17.6 Å². The van der Waals surface area contributed by atoms with Gasteiger partial charge in [0, 0.05) is 11.5 Å². The minimum Gasteiger partial charge on any atom is -0.543 e. The first-order chi connectivity index (χ1) is 10.6. The van der Waals surface area contributed by atoms with Crippen molar-refractivity contribution in [3.63, 3.8) is 0 Å². The molecule has 0 bridgehead atoms. The summed E-state index contributed by atoms with van der Waals surface area (Å²) in [6, 6.07) is 1.83. The molecule has 0 unspecified atom stereocenters. The molecule has 1 saturated carbocycles. The van der Waals surface area contributed by atoms with Crippen molar-refractivity contribution >= 4 is 11.9 Å². The summed E-state index contributed by atoms with van der Waals surface area (Å²) >= 11 is 0. The summed E-state index contributed by atoms with van der Waals surface area (Å²) in [5.41, 5.74) is 1.35. The van der Waals surface area contributed by atoms with Crippen molar-refractivity contribution in [1.82, 2.24) is 4.90 Å². The van der Waals surface area contributed by atoms with Gasteiger partial charge in [-0.05, 0) is 31.8 Å². The first-order valence-corrected chi connectivity index (χ1v) is 7.55. The Morgan fingerprint density at radius 3 is 2.87 bits per heavy atom. The molecule has 2 fully saturated rings. The Kier molecular flexibility index (Phi) is 5.69. The van der Waals surface area contributed by atoms with Crippen molar-refractivity contribution in [2.75, 3.05) is 6.61 Å². The molecule has 0 aromatic carbocycles. The molecule has 1 aliphatic carbocycles. The van der Waals surface area contributed by atoms with Crippen molar-refractivity contribution in [1.29, 1.82) is 5.26 Å². The second-order valence-electron chi connectivity index (χ2n) is 5.76. The van der Waals surface area contributed by atoms with Crippen LogP contribution in [-0.2, 0) is 14.3 Å². The third kappa shape index (κ3) is 2.76. The van der Waals surface area contributed by atoms with Crippen LogP contribution in [0.1, 0.15) is 32.6 Å². The number of β-lactam (4-membered cyclic amide) rings is 1. The van der Waals surface area contributed by atoms with Gasteiger partial charge in [-0.3, -0.25) is 9.69 Å². The number of aliphatic carboxylic acids is 1. The van der Waals surface area contributed by atoms with Gasteiger partial charge in [0.2, 0.25) is 0 Å². The smallest absolute Gasteiger partial charge is 0.543 e. The largest absolute Gasteiger partial charge is 1.00 e. The molecule has 0 N–H and O–H groups in total. The second-order valence-corrected chi connectivity index (χ2v) is 5.76. The van der Waals surface area contributed by atoms with Crippen LogP contribution in [0.3, 0.4) is 0 Å². The number of hydrogen-bond donors (Lipinski definition) is 0. The number of ether oxygens (including phenoxy) is 1. The molecule has 7 heteroatoms. The molecular formula is C16H17N2NaO4. The van der Waals surface area contributed by atoms with Crippen molar-refractivity contribution in [3.8, 4) is 6.07 Å². The predicted octanol–water partition coefficient (Wildman–Crippen LogP) is -2.74. The van der Waals surface area contributed by atoms with Crippen LogP contribution in [-0.4, -0.2) is 35.5 Å². The average molecular weight is 324 g/mol. The predicted molar refractivity (Wildman–Crippen MR) is 73.7 cm³/mol. The fourth-order valence-electron chi connectivity index (χ4n) is 3.90. The molecule has 23 heavy (non-hydrogen) atoms. The van der Waals surface area contributed by atoms with Gasteiger partial charge in [-0.15, -0.1) is 0 Å². The van der Waals surface area contributed by atoms with Gasteiger partial charge in [-0.1, -0.05) is 6.08 Å². The monoisotopic (exact) mass is 324 g/mol. The van der Waals surface area contributed by atoms with E-state index < -0.39 is 5.97 Å². The summed E-state index contributed by atoms with van der Waals surface area (Å²) < 4.78 is 5.72. The van der Waals surface area contributed by atoms with Gasteiger partial charge >= 0.3 is 29.6 Å². The number of carbonyl (C=O) groups is 2. The Bertz CT molecular complexity index is 634. The van der Waals surface area contributed by atoms with Gasteiger partial charge in [-0.25, -0.2) is 0 Å². The van der Waals surface area contributed by atoms with Gasteiger partial charge in [0.05, 0.1) is 42.9 Å². The summed E-state index contributed by atoms with van der Waals surface area (Å²) in [6.45, 7) is 2.07. The van der Waals surface area contributed by atoms with Crippen LogP contribution < -0.4 is 34.7 Å². The molecule has 3 aliphatic rings. The summed E-state index contributed by atoms with van der Waals surface area (Å²) in [5.74, 6) is -1.57. The van der Waals surface area contributed by atoms with E-state index in [9.17, 15) is 14.7 Å². The van der Waals surface area contributed by atoms with Crippen molar-refractivity contribution in [3.05, 3.63) is 22.9 Å². The molecule has 116 valence electrons. The fraction of sp³-hybridized carbons (Fsp3) is 0.562. The molecule has 1 amide bonds. The van der Waals surface area contributed by atoms with Gasteiger partial charge in [-0.2, -0.15) is 5.26 Å². The molecule has 2 heterocycles. The van der Waals surface area contributed by atoms with Crippen LogP contribution in [0.5, 0.6) is 0 Å². The summed E-state index contributed by atoms with van der Waals surface area (Å²) in [5, 5.41) is 20.2. The summed E-state index contributed by atoms with van der Waals surface area (Å²) in [6.07, 6.45) is 4.17. The molecule has 1 saturated heterocycles. The average Bonchev–Trinajstić information content (AvgIpc) is 2.80. The fourth-order valence-corrected chi connectivity index (χ4v) is 3.90. The standard InChI is InChI=1S/C16H18N2O4.Na/c1-2-9-13-10-5-3-6-11(22-8-4-7-17)12(10)14(16(20)21)18(13)15(9)19;/h2,10-11,13H,3-6,8H2,1H3,(H,20,21);/q;+1/p-1/b9-2+;/t10-,11-,13-;/m0./s1. The number of fused-ring (bicyclic) bond motifs is 3. The van der Waals surface area contributed by atoms with Gasteiger partial charge < -0.3 is 14.6 Å². The van der Waals surface area contributed by atoms with E-state index in [1.165, 1.54) is 4.90 Å². The Balaban J connectivity index is 0.00000192. The molecular weight excluding hydrogens is 307 g/mol. The first kappa shape index (κ1) is 18.2. The molecule has 0 radical (unpaired) electrons. The minimum absolute atomic E-state index is 0. The zero-order valence-corrected chi connectivity index (χ0v) is 15.4. The number of nitrogens with zero attached hydrogens (tertiary/aromatic N) is 2. The molecule has 2 aliphatic heterocycles. The van der Waals surface area contributed by atoms with E-state index in [4.69, 9.17) is 10.00 Å². The Morgan fingerprint density at radius 1 is 1.52 bits per heavy atom. The number of carboxylic acid groups (broad SMARTS) is 1. The van der Waals surface area contributed by atoms with E-state index in [0.717, 1.165) is 12.8 Å². The Hall–Kier alpha value is -1.13. The van der Waals surface area contributed by atoms with E-state index in [1.807, 2.05) is 6.07 Å². The molecule has 0 spiro atoms. The molecule has 3 atom stereocenters. The van der Waals surface area contributed by atoms with Gasteiger partial charge in [0.15, 0.2) is 0 Å². The van der Waals surface area contributed by atoms with Gasteiger partial charge in [0.1, 0.15) is 0 Å². The summed E-state index contributed by atoms with van der Waals surface area (Å²) in [4.78, 5) is 25.1. The Labute approximate surface area is 157 Å². The van der Waals surface area contributed by atoms with E-state index >= 15 is 0 Å². The minimum atomic E-state index is -1.32. The van der Waals surface area contributed by atoms with Crippen LogP contribution in [0.25, 0.3) is 0 Å². The zero-order valence-electron chi connectivity index (χ0n) is 13.4. The third-order valence-electron chi connectivity index (χ3n) is 4.72. The Morgan fingerprint density at radius 2 is 2.26 bits per heavy atom. The van der Waals surface area contributed by atoms with Crippen LogP contribution in [0.15, 0.2) is 22.9 Å². The molecule has 6 nitrogen and oxygen atoms in total. The van der Waals surface area contributed by atoms with E-state index in [-0.39, 0.29) is 72.3 Å². The number of allylic oxidation sites excluding steroid dienone is 1. The first-order valence-electron chi connectivity index (χ1n) is 7.55. The van der Waals surface area contributed by atoms with Crippen LogP contribution >= 0.6 is 0 Å². The normalized spacial score (nSPS) is 30.3. The van der Waals surface area contributed by atoms with Crippen molar-refractivity contribution in [2.24, 2.45) is 5.92 Å². The maximum atomic E-state index is 12.1. The van der Waals surface area contributed by atoms with Crippen LogP contribution in [0.4, 0.5) is 0 Å². The maximum Gasteiger partial charge on any atom is 1.00 e. The van der Waals surface area contributed by atoms with Crippen LogP contribution in [0.2, 0.25) is 0 Å². The van der Waals surface area contributed by atoms with E-state index in [2.05, 4.69) is 0 Å². The number of nitriles is 1. The number of carbonyl (C=O) groups excluding carboxylic acids is 2. The zero-order chi connectivity index (χ0) is 15.9. The second kappa shape index (κ2) is 7.18. The molecule has 3 rings (SSSR count). The number of amides is 1. The number of carboxylic acids is 1. The number of hydrogen-bond acceptors (Lipinski definition) is 5. The molecule has 0 aromatic heterocycles. The van der Waals surface area contributed by atoms with Crippen molar-refractivity contribution in [2.45, 2.75) is 44.8 Å². The van der Waals surface area contributed by atoms with Crippen molar-refractivity contribution < 1.29 is 49.0 Å². The molecule has 0 aromatic rings.